The lowest BCUT2D eigenvalue weighted by Crippen LogP contribution is -2.54. The van der Waals surface area contributed by atoms with Crippen LogP contribution >= 0.6 is 31.5 Å². The van der Waals surface area contributed by atoms with E-state index in [0.717, 1.165) is 0 Å². The van der Waals surface area contributed by atoms with Crippen LogP contribution in [0, 0.1) is 18.3 Å². The van der Waals surface area contributed by atoms with Crippen molar-refractivity contribution in [3.8, 4) is 6.07 Å². The van der Waals surface area contributed by atoms with Crippen molar-refractivity contribution in [2.75, 3.05) is 59.8 Å². The van der Waals surface area contributed by atoms with Crippen molar-refractivity contribution in [3.63, 3.8) is 0 Å². The van der Waals surface area contributed by atoms with Gasteiger partial charge < -0.3 is 50.4 Å². The fourth-order valence-corrected chi connectivity index (χ4v) is 7.89. The lowest BCUT2D eigenvalue weighted by Gasteiger charge is -2.42. The number of carbonyl (C=O) groups excluding carboxylic acids is 4. The van der Waals surface area contributed by atoms with Gasteiger partial charge >= 0.3 is 23.6 Å². The predicted molar refractivity (Wildman–Crippen MR) is 223 cm³/mol. The third-order valence-electron chi connectivity index (χ3n) is 8.26. The molecule has 6 unspecified atom stereocenters. The highest BCUT2D eigenvalue weighted by atomic mass is 127. The number of hydrogen-bond acceptors (Lipinski definition) is 19. The zero-order valence-electron chi connectivity index (χ0n) is 36.0. The Morgan fingerprint density at radius 1 is 1.12 bits per heavy atom. The van der Waals surface area contributed by atoms with Gasteiger partial charge in [0.15, 0.2) is 18.6 Å². The van der Waals surface area contributed by atoms with Crippen LogP contribution in [-0.2, 0) is 59.9 Å². The normalized spacial score (nSPS) is 23.3. The molecule has 0 spiro atoms. The lowest BCUT2D eigenvalue weighted by atomic mass is 10.0. The first kappa shape index (κ1) is 55.1. The molecule has 21 nitrogen and oxygen atoms in total. The first-order chi connectivity index (χ1) is 28.2. The summed E-state index contributed by atoms with van der Waals surface area (Å²) in [5.74, 6) is -1.69. The number of halogens is 1. The predicted octanol–water partition coefficient (Wildman–Crippen LogP) is 2.45. The molecule has 2 saturated heterocycles. The number of nitrogens with one attached hydrogen (secondary N) is 1. The van der Waals surface area contributed by atoms with Crippen LogP contribution in [0.5, 0.6) is 0 Å². The number of esters is 3. The number of nitriles is 1. The maximum absolute atomic E-state index is 11.9. The third-order valence-corrected chi connectivity index (χ3v) is 10.3. The second kappa shape index (κ2) is 28.6. The lowest BCUT2D eigenvalue weighted by molar-refractivity contribution is -0.267. The highest BCUT2D eigenvalue weighted by Crippen LogP contribution is 2.40. The molecule has 60 heavy (non-hydrogen) atoms. The number of ether oxygens (including phenoxy) is 7. The van der Waals surface area contributed by atoms with Crippen molar-refractivity contribution in [3.05, 3.63) is 32.6 Å². The van der Waals surface area contributed by atoms with Gasteiger partial charge in [-0.25, -0.2) is 9.46 Å². The SMILES string of the molecule is CC(=O)OCC1OC(OCCOCC=O)CC(OC(C)=O)C1OC(C)=O.CC(C)N(C(C)C)P(O)OCCC#N.Cc1cn(C2CN(C)C[C@@](C)(COI)O2)c(=O)[nH]c1=O. The van der Waals surface area contributed by atoms with Crippen LogP contribution in [0.15, 0.2) is 15.8 Å². The van der Waals surface area contributed by atoms with Gasteiger partial charge in [0.1, 0.15) is 60.3 Å². The summed E-state index contributed by atoms with van der Waals surface area (Å²) >= 11 is 1.83. The Morgan fingerprint density at radius 2 is 1.77 bits per heavy atom. The average molecular weight is 990 g/mol. The fraction of sp³-hybridized carbons (Fsp3) is 0.757. The number of likely N-dealkylation sites (N-methyl/N-ethyl adjacent to an activating group) is 1. The number of aldehydes is 1. The number of nitrogens with zero attached hydrogens (tertiary/aromatic N) is 4. The first-order valence-corrected chi connectivity index (χ1v) is 21.2. The van der Waals surface area contributed by atoms with Crippen molar-refractivity contribution in [1.29, 1.82) is 5.26 Å². The van der Waals surface area contributed by atoms with Crippen molar-refractivity contribution >= 4 is 55.7 Å². The maximum atomic E-state index is 11.9. The second-order valence-electron chi connectivity index (χ2n) is 14.5. The Hall–Kier alpha value is -2.95. The summed E-state index contributed by atoms with van der Waals surface area (Å²) in [5.41, 5.74) is -0.844. The van der Waals surface area contributed by atoms with E-state index in [1.54, 1.807) is 6.92 Å². The maximum Gasteiger partial charge on any atom is 0.330 e. The first-order valence-electron chi connectivity index (χ1n) is 19.1. The monoisotopic (exact) mass is 989 g/mol. The molecule has 0 saturated carbocycles. The minimum atomic E-state index is -1.55. The van der Waals surface area contributed by atoms with Crippen molar-refractivity contribution in [2.45, 2.75) is 124 Å². The largest absolute Gasteiger partial charge is 0.463 e. The van der Waals surface area contributed by atoms with Crippen molar-refractivity contribution in [1.82, 2.24) is 19.1 Å². The number of carbonyl (C=O) groups is 4. The Balaban J connectivity index is 0.000000472. The van der Waals surface area contributed by atoms with E-state index in [9.17, 15) is 33.7 Å². The van der Waals surface area contributed by atoms with Gasteiger partial charge in [0.25, 0.3) is 14.1 Å². The van der Waals surface area contributed by atoms with E-state index in [-0.39, 0.29) is 50.5 Å². The van der Waals surface area contributed by atoms with E-state index >= 15 is 0 Å². The molecule has 0 aliphatic carbocycles. The smallest absolute Gasteiger partial charge is 0.330 e. The highest BCUT2D eigenvalue weighted by Gasteiger charge is 2.44. The van der Waals surface area contributed by atoms with Crippen LogP contribution in [0.2, 0.25) is 0 Å². The number of hydrogen-bond donors (Lipinski definition) is 2. The van der Waals surface area contributed by atoms with Crippen LogP contribution in [0.1, 0.15) is 80.0 Å². The molecular weight excluding hydrogens is 928 g/mol. The van der Waals surface area contributed by atoms with Crippen LogP contribution in [0.25, 0.3) is 0 Å². The summed E-state index contributed by atoms with van der Waals surface area (Å²) in [4.78, 5) is 81.5. The Morgan fingerprint density at radius 3 is 2.32 bits per heavy atom. The zero-order valence-corrected chi connectivity index (χ0v) is 39.0. The van der Waals surface area contributed by atoms with Crippen LogP contribution in [-0.4, -0.2) is 150 Å². The van der Waals surface area contributed by atoms with E-state index in [1.807, 2.05) is 75.4 Å². The summed E-state index contributed by atoms with van der Waals surface area (Å²) < 4.78 is 51.2. The van der Waals surface area contributed by atoms with E-state index in [2.05, 4.69) is 9.88 Å². The summed E-state index contributed by atoms with van der Waals surface area (Å²) in [6.45, 7) is 17.4. The molecule has 23 heteroatoms. The molecule has 2 fully saturated rings. The number of aromatic amines is 1. The third kappa shape index (κ3) is 20.7. The Bertz CT molecular complexity index is 1640. The molecule has 1 aromatic heterocycles. The number of H-pyrrole nitrogens is 1. The van der Waals surface area contributed by atoms with Gasteiger partial charge in [-0.1, -0.05) is 0 Å². The minimum absolute atomic E-state index is 0.0471. The molecule has 3 heterocycles. The summed E-state index contributed by atoms with van der Waals surface area (Å²) in [6, 6.07) is 2.46. The standard InChI is InChI=1S/C16H24O10.C12H18IN3O4.C9H19N2O2P/c1-10(18)23-9-14-16(25-12(3)20)13(24-11(2)19)8-15(26-14)22-7-6-21-5-4-17;1-8-4-16(11(18)14-10(8)17)9-5-15(3)6-12(2,20-9)7-19-13;1-8(2)11(9(3)4)14(12)13-7-5-6-10/h4,13-16H,5-9H2,1-3H3;4,9H,5-7H2,1-3H3,(H,14,17,18);8-9,12H,5,7H2,1-4H3/t;9?,12-;/m.0./s1. The molecule has 2 aliphatic rings. The van der Waals surface area contributed by atoms with Gasteiger partial charge in [0.05, 0.1) is 38.9 Å². The number of aromatic nitrogens is 2. The Labute approximate surface area is 365 Å². The van der Waals surface area contributed by atoms with E-state index in [1.165, 1.54) is 31.5 Å². The molecule has 0 radical (unpaired) electrons. The minimum Gasteiger partial charge on any atom is -0.463 e. The zero-order chi connectivity index (χ0) is 45.6. The van der Waals surface area contributed by atoms with E-state index < -0.39 is 68.6 Å². The molecule has 342 valence electrons. The molecule has 2 aliphatic heterocycles. The van der Waals surface area contributed by atoms with E-state index in [4.69, 9.17) is 46.0 Å². The number of morpholine rings is 1. The van der Waals surface area contributed by atoms with Crippen LogP contribution < -0.4 is 11.2 Å². The molecule has 1 aromatic rings. The second-order valence-corrected chi connectivity index (χ2v) is 16.3. The van der Waals surface area contributed by atoms with Crippen molar-refractivity contribution in [2.24, 2.45) is 0 Å². The van der Waals surface area contributed by atoms with Gasteiger partial charge in [-0.2, -0.15) is 5.26 Å². The molecule has 0 amide bonds. The quantitative estimate of drug-likeness (QED) is 0.0504. The summed E-state index contributed by atoms with van der Waals surface area (Å²) in [6.07, 6.45) is -1.30. The number of rotatable bonds is 19. The van der Waals surface area contributed by atoms with Gasteiger partial charge in [-0.15, -0.1) is 0 Å². The summed E-state index contributed by atoms with van der Waals surface area (Å²) in [5, 5.41) is 8.32. The molecule has 0 bridgehead atoms. The Kier molecular flexibility index (Phi) is 26.3. The summed E-state index contributed by atoms with van der Waals surface area (Å²) in [7, 11) is 0.411. The van der Waals surface area contributed by atoms with Crippen molar-refractivity contribution < 1.29 is 64.8 Å². The molecule has 7 atom stereocenters. The van der Waals surface area contributed by atoms with Gasteiger partial charge in [0, 0.05) is 64.1 Å². The van der Waals surface area contributed by atoms with Gasteiger partial charge in [-0.05, 0) is 48.6 Å². The fourth-order valence-electron chi connectivity index (χ4n) is 6.05. The molecule has 3 rings (SSSR count). The average Bonchev–Trinajstić information content (AvgIpc) is 3.13. The van der Waals surface area contributed by atoms with E-state index in [0.29, 0.717) is 44.6 Å². The van der Waals surface area contributed by atoms with Gasteiger partial charge in [0.2, 0.25) is 0 Å². The highest BCUT2D eigenvalue weighted by molar-refractivity contribution is 14.1. The van der Waals surface area contributed by atoms with Crippen LogP contribution in [0.3, 0.4) is 0 Å². The molecular formula is C37H61IN5O16P. The molecule has 0 aromatic carbocycles. The number of aryl methyl sites for hydroxylation is 1. The molecule has 2 N–H and O–H groups in total. The topological polar surface area (TPSA) is 257 Å². The van der Waals surface area contributed by atoms with Crippen LogP contribution in [0.4, 0.5) is 0 Å². The van der Waals surface area contributed by atoms with Gasteiger partial charge in [-0.3, -0.25) is 33.6 Å².